The fourth-order valence-electron chi connectivity index (χ4n) is 1.88. The summed E-state index contributed by atoms with van der Waals surface area (Å²) < 4.78 is 5.43. The van der Waals surface area contributed by atoms with Gasteiger partial charge in [-0.3, -0.25) is 14.5 Å². The largest absolute Gasteiger partial charge is 0.451 e. The summed E-state index contributed by atoms with van der Waals surface area (Å²) in [6.07, 6.45) is 1.97. The quantitative estimate of drug-likeness (QED) is 0.777. The molecule has 108 valence electrons. The summed E-state index contributed by atoms with van der Waals surface area (Å²) in [5.41, 5.74) is 0.503. The van der Waals surface area contributed by atoms with Gasteiger partial charge in [0.15, 0.2) is 5.76 Å². The topological polar surface area (TPSA) is 70.4 Å². The van der Waals surface area contributed by atoms with Crippen molar-refractivity contribution in [2.45, 2.75) is 20.3 Å². The van der Waals surface area contributed by atoms with E-state index < -0.39 is 5.91 Å². The summed E-state index contributed by atoms with van der Waals surface area (Å²) >= 11 is 0. The molecule has 0 radical (unpaired) electrons. The van der Waals surface area contributed by atoms with E-state index >= 15 is 0 Å². The van der Waals surface area contributed by atoms with Gasteiger partial charge in [-0.15, -0.1) is 0 Å². The Labute approximate surface area is 123 Å². The van der Waals surface area contributed by atoms with Crippen molar-refractivity contribution in [3.8, 4) is 11.8 Å². The highest BCUT2D eigenvalue weighted by Crippen LogP contribution is 2.20. The van der Waals surface area contributed by atoms with E-state index in [2.05, 4.69) is 0 Å². The van der Waals surface area contributed by atoms with Crippen molar-refractivity contribution in [1.82, 2.24) is 4.90 Å². The minimum Gasteiger partial charge on any atom is -0.451 e. The standard InChI is InChI=1S/C16H16N2O3/c1-11(2)7-8-18-15(19)9-14(16(18)20)21-13-5-3-12(10-17)4-6-13/h3-6,9,11H,7-8H2,1-2H3. The summed E-state index contributed by atoms with van der Waals surface area (Å²) in [6, 6.07) is 8.36. The minimum absolute atomic E-state index is 0.0217. The smallest absolute Gasteiger partial charge is 0.296 e. The molecule has 0 N–H and O–H groups in total. The number of carbonyl (C=O) groups excluding carboxylic acids is 2. The lowest BCUT2D eigenvalue weighted by Crippen LogP contribution is -2.33. The molecular weight excluding hydrogens is 268 g/mol. The average Bonchev–Trinajstić information content (AvgIpc) is 2.72. The average molecular weight is 284 g/mol. The van der Waals surface area contributed by atoms with Crippen LogP contribution in [0.1, 0.15) is 25.8 Å². The van der Waals surface area contributed by atoms with Crippen molar-refractivity contribution >= 4 is 11.8 Å². The molecule has 1 heterocycles. The summed E-state index contributed by atoms with van der Waals surface area (Å²) in [4.78, 5) is 25.1. The van der Waals surface area contributed by atoms with E-state index in [-0.39, 0.29) is 11.7 Å². The number of ether oxygens (including phenoxy) is 1. The fourth-order valence-corrected chi connectivity index (χ4v) is 1.88. The van der Waals surface area contributed by atoms with E-state index in [4.69, 9.17) is 10.00 Å². The second-order valence-electron chi connectivity index (χ2n) is 5.22. The molecule has 0 bridgehead atoms. The monoisotopic (exact) mass is 284 g/mol. The van der Waals surface area contributed by atoms with Crippen LogP contribution in [-0.2, 0) is 9.59 Å². The van der Waals surface area contributed by atoms with Gasteiger partial charge in [0.05, 0.1) is 17.7 Å². The molecule has 0 atom stereocenters. The summed E-state index contributed by atoms with van der Waals surface area (Å²) in [7, 11) is 0. The van der Waals surface area contributed by atoms with E-state index in [0.29, 0.717) is 23.8 Å². The van der Waals surface area contributed by atoms with Crippen molar-refractivity contribution in [3.63, 3.8) is 0 Å². The second kappa shape index (κ2) is 6.23. The molecule has 0 saturated carbocycles. The van der Waals surface area contributed by atoms with Crippen LogP contribution in [0.4, 0.5) is 0 Å². The van der Waals surface area contributed by atoms with Crippen LogP contribution in [0, 0.1) is 17.2 Å². The maximum absolute atomic E-state index is 12.1. The van der Waals surface area contributed by atoms with Crippen LogP contribution in [0.2, 0.25) is 0 Å². The molecule has 0 unspecified atom stereocenters. The Morgan fingerprint density at radius 1 is 1.24 bits per heavy atom. The van der Waals surface area contributed by atoms with E-state index in [9.17, 15) is 9.59 Å². The van der Waals surface area contributed by atoms with Gasteiger partial charge in [0, 0.05) is 6.54 Å². The van der Waals surface area contributed by atoms with Crippen LogP contribution >= 0.6 is 0 Å². The fraction of sp³-hybridized carbons (Fsp3) is 0.312. The Morgan fingerprint density at radius 2 is 1.90 bits per heavy atom. The molecule has 5 heteroatoms. The first-order valence-electron chi connectivity index (χ1n) is 6.77. The van der Waals surface area contributed by atoms with Gasteiger partial charge in [-0.1, -0.05) is 13.8 Å². The van der Waals surface area contributed by atoms with Gasteiger partial charge in [-0.2, -0.15) is 5.26 Å². The van der Waals surface area contributed by atoms with Crippen molar-refractivity contribution in [2.75, 3.05) is 6.54 Å². The second-order valence-corrected chi connectivity index (χ2v) is 5.22. The van der Waals surface area contributed by atoms with E-state index in [0.717, 1.165) is 6.42 Å². The van der Waals surface area contributed by atoms with Crippen LogP contribution in [-0.4, -0.2) is 23.3 Å². The van der Waals surface area contributed by atoms with E-state index in [1.54, 1.807) is 24.3 Å². The predicted molar refractivity (Wildman–Crippen MR) is 76.0 cm³/mol. The number of amides is 2. The van der Waals surface area contributed by atoms with Crippen molar-refractivity contribution in [2.24, 2.45) is 5.92 Å². The highest BCUT2D eigenvalue weighted by atomic mass is 16.5. The lowest BCUT2D eigenvalue weighted by molar-refractivity contribution is -0.138. The maximum Gasteiger partial charge on any atom is 0.296 e. The third-order valence-electron chi connectivity index (χ3n) is 3.12. The third kappa shape index (κ3) is 3.48. The molecule has 0 aromatic heterocycles. The first-order chi connectivity index (χ1) is 10.0. The molecular formula is C16H16N2O3. The third-order valence-corrected chi connectivity index (χ3v) is 3.12. The van der Waals surface area contributed by atoms with Crippen LogP contribution in [0.25, 0.3) is 0 Å². The molecule has 2 rings (SSSR count). The first kappa shape index (κ1) is 14.8. The first-order valence-corrected chi connectivity index (χ1v) is 6.77. The van der Waals surface area contributed by atoms with Gasteiger partial charge < -0.3 is 4.74 Å². The SMILES string of the molecule is CC(C)CCN1C(=O)C=C(Oc2ccc(C#N)cc2)C1=O. The van der Waals surface area contributed by atoms with Gasteiger partial charge in [0.2, 0.25) is 0 Å². The number of nitrogens with zero attached hydrogens (tertiary/aromatic N) is 2. The Kier molecular flexibility index (Phi) is 4.39. The minimum atomic E-state index is -0.412. The van der Waals surface area contributed by atoms with Gasteiger partial charge in [-0.25, -0.2) is 0 Å². The lowest BCUT2D eigenvalue weighted by atomic mass is 10.1. The lowest BCUT2D eigenvalue weighted by Gasteiger charge is -2.15. The summed E-state index contributed by atoms with van der Waals surface area (Å²) in [5, 5.41) is 8.72. The van der Waals surface area contributed by atoms with Crippen molar-refractivity contribution < 1.29 is 14.3 Å². The number of benzene rings is 1. The van der Waals surface area contributed by atoms with Crippen LogP contribution < -0.4 is 4.74 Å². The summed E-state index contributed by atoms with van der Waals surface area (Å²) in [5.74, 6) is 0.101. The molecule has 1 aromatic rings. The number of imide groups is 1. The molecule has 1 aliphatic rings. The zero-order chi connectivity index (χ0) is 15.4. The molecule has 0 fully saturated rings. The molecule has 1 aliphatic heterocycles. The molecule has 21 heavy (non-hydrogen) atoms. The Hall–Kier alpha value is -2.61. The van der Waals surface area contributed by atoms with Gasteiger partial charge in [0.1, 0.15) is 5.75 Å². The highest BCUT2D eigenvalue weighted by Gasteiger charge is 2.32. The normalized spacial score (nSPS) is 14.4. The molecule has 0 saturated heterocycles. The van der Waals surface area contributed by atoms with Crippen LogP contribution in [0.5, 0.6) is 5.75 Å². The molecule has 5 nitrogen and oxygen atoms in total. The van der Waals surface area contributed by atoms with Gasteiger partial charge in [-0.05, 0) is 36.6 Å². The zero-order valence-corrected chi connectivity index (χ0v) is 12.0. The van der Waals surface area contributed by atoms with Gasteiger partial charge in [0.25, 0.3) is 11.8 Å². The predicted octanol–water partition coefficient (Wildman–Crippen LogP) is 2.24. The Balaban J connectivity index is 2.04. The molecule has 0 aliphatic carbocycles. The molecule has 1 aromatic carbocycles. The number of carbonyl (C=O) groups is 2. The van der Waals surface area contributed by atoms with E-state index in [1.165, 1.54) is 11.0 Å². The van der Waals surface area contributed by atoms with Crippen LogP contribution in [0.3, 0.4) is 0 Å². The number of nitriles is 1. The van der Waals surface area contributed by atoms with Crippen LogP contribution in [0.15, 0.2) is 36.1 Å². The molecule has 0 spiro atoms. The number of hydrogen-bond acceptors (Lipinski definition) is 4. The Morgan fingerprint density at radius 3 is 2.48 bits per heavy atom. The number of hydrogen-bond donors (Lipinski definition) is 0. The zero-order valence-electron chi connectivity index (χ0n) is 12.0. The maximum atomic E-state index is 12.1. The highest BCUT2D eigenvalue weighted by molar-refractivity contribution is 6.15. The Bertz CT molecular complexity index is 624. The van der Waals surface area contributed by atoms with Crippen molar-refractivity contribution in [3.05, 3.63) is 41.7 Å². The van der Waals surface area contributed by atoms with Gasteiger partial charge >= 0.3 is 0 Å². The number of rotatable bonds is 5. The summed E-state index contributed by atoms with van der Waals surface area (Å²) in [6.45, 7) is 4.46. The molecule has 2 amide bonds. The van der Waals surface area contributed by atoms with E-state index in [1.807, 2.05) is 19.9 Å². The van der Waals surface area contributed by atoms with Crippen molar-refractivity contribution in [1.29, 1.82) is 5.26 Å².